The highest BCUT2D eigenvalue weighted by atomic mass is 19.1. The summed E-state index contributed by atoms with van der Waals surface area (Å²) in [4.78, 5) is 11.9. The lowest BCUT2D eigenvalue weighted by Gasteiger charge is -2.09. The molecular weight excluding hydrogens is 224 g/mol. The lowest BCUT2D eigenvalue weighted by Crippen LogP contribution is -2.10. The van der Waals surface area contributed by atoms with Gasteiger partial charge in [0.15, 0.2) is 11.6 Å². The molecule has 0 bridgehead atoms. The SMILES string of the molecule is Nc1ccc(F)c(C(=O)C2=CCCC=C2)c1F. The second-order valence-electron chi connectivity index (χ2n) is 3.79. The van der Waals surface area contributed by atoms with Crippen LogP contribution in [0.1, 0.15) is 23.2 Å². The summed E-state index contributed by atoms with van der Waals surface area (Å²) in [7, 11) is 0. The Kier molecular flexibility index (Phi) is 3.04. The number of carbonyl (C=O) groups excluding carboxylic acids is 1. The van der Waals surface area contributed by atoms with Crippen LogP contribution in [0.4, 0.5) is 14.5 Å². The van der Waals surface area contributed by atoms with Gasteiger partial charge in [0.2, 0.25) is 0 Å². The molecule has 0 aromatic heterocycles. The highest BCUT2D eigenvalue weighted by molar-refractivity contribution is 6.11. The van der Waals surface area contributed by atoms with E-state index >= 15 is 0 Å². The molecule has 0 spiro atoms. The second kappa shape index (κ2) is 4.49. The molecule has 0 amide bonds. The molecule has 0 heterocycles. The van der Waals surface area contributed by atoms with Gasteiger partial charge in [-0.15, -0.1) is 0 Å². The van der Waals surface area contributed by atoms with E-state index in [4.69, 9.17) is 5.73 Å². The first-order chi connectivity index (χ1) is 8.11. The zero-order valence-corrected chi connectivity index (χ0v) is 9.04. The number of anilines is 1. The van der Waals surface area contributed by atoms with Crippen LogP contribution in [0.15, 0.2) is 35.9 Å². The van der Waals surface area contributed by atoms with E-state index in [2.05, 4.69) is 0 Å². The van der Waals surface area contributed by atoms with Crippen molar-refractivity contribution in [2.24, 2.45) is 0 Å². The third-order valence-corrected chi connectivity index (χ3v) is 2.61. The Labute approximate surface area is 97.4 Å². The van der Waals surface area contributed by atoms with Gasteiger partial charge in [-0.3, -0.25) is 4.79 Å². The van der Waals surface area contributed by atoms with Gasteiger partial charge in [0.25, 0.3) is 0 Å². The molecule has 1 aromatic rings. The molecule has 0 aliphatic heterocycles. The molecule has 0 saturated heterocycles. The average molecular weight is 235 g/mol. The summed E-state index contributed by atoms with van der Waals surface area (Å²) in [6.07, 6.45) is 6.58. The minimum Gasteiger partial charge on any atom is -0.396 e. The molecule has 0 atom stereocenters. The normalized spacial score (nSPS) is 14.6. The smallest absolute Gasteiger partial charge is 0.198 e. The monoisotopic (exact) mass is 235 g/mol. The fourth-order valence-electron chi connectivity index (χ4n) is 1.70. The largest absolute Gasteiger partial charge is 0.396 e. The van der Waals surface area contributed by atoms with Gasteiger partial charge in [0, 0.05) is 5.57 Å². The maximum atomic E-state index is 13.6. The first-order valence-electron chi connectivity index (χ1n) is 5.26. The molecule has 4 heteroatoms. The lowest BCUT2D eigenvalue weighted by atomic mass is 9.97. The Morgan fingerprint density at radius 2 is 2.00 bits per heavy atom. The van der Waals surface area contributed by atoms with Crippen LogP contribution in [-0.2, 0) is 0 Å². The fourth-order valence-corrected chi connectivity index (χ4v) is 1.70. The summed E-state index contributed by atoms with van der Waals surface area (Å²) in [5.41, 5.74) is 4.82. The van der Waals surface area contributed by atoms with Crippen LogP contribution in [0.2, 0.25) is 0 Å². The van der Waals surface area contributed by atoms with Gasteiger partial charge in [-0.05, 0) is 25.0 Å². The lowest BCUT2D eigenvalue weighted by molar-refractivity contribution is 0.103. The van der Waals surface area contributed by atoms with Crippen LogP contribution in [0, 0.1) is 11.6 Å². The number of carbonyl (C=O) groups is 1. The van der Waals surface area contributed by atoms with Crippen molar-refractivity contribution in [3.05, 3.63) is 53.1 Å². The van der Waals surface area contributed by atoms with Crippen LogP contribution in [0.25, 0.3) is 0 Å². The number of hydrogen-bond donors (Lipinski definition) is 1. The van der Waals surface area contributed by atoms with Crippen molar-refractivity contribution >= 4 is 11.5 Å². The first-order valence-corrected chi connectivity index (χ1v) is 5.26. The molecule has 1 aliphatic rings. The van der Waals surface area contributed by atoms with Crippen molar-refractivity contribution < 1.29 is 13.6 Å². The van der Waals surface area contributed by atoms with E-state index in [0.717, 1.165) is 18.6 Å². The number of nitrogen functional groups attached to an aromatic ring is 1. The molecule has 2 N–H and O–H groups in total. The zero-order valence-electron chi connectivity index (χ0n) is 9.04. The van der Waals surface area contributed by atoms with Gasteiger partial charge < -0.3 is 5.73 Å². The van der Waals surface area contributed by atoms with Gasteiger partial charge in [0.05, 0.1) is 11.3 Å². The molecule has 2 nitrogen and oxygen atoms in total. The summed E-state index contributed by atoms with van der Waals surface area (Å²) in [6.45, 7) is 0. The third kappa shape index (κ3) is 2.11. The number of nitrogens with two attached hydrogens (primary N) is 1. The Morgan fingerprint density at radius 3 is 2.65 bits per heavy atom. The van der Waals surface area contributed by atoms with E-state index in [1.165, 1.54) is 0 Å². The number of benzene rings is 1. The van der Waals surface area contributed by atoms with Crippen molar-refractivity contribution in [3.8, 4) is 0 Å². The quantitative estimate of drug-likeness (QED) is 0.632. The summed E-state index contributed by atoms with van der Waals surface area (Å²) < 4.78 is 27.1. The van der Waals surface area contributed by atoms with Gasteiger partial charge in [0.1, 0.15) is 5.82 Å². The Bertz CT molecular complexity index is 532. The van der Waals surface area contributed by atoms with Crippen LogP contribution >= 0.6 is 0 Å². The van der Waals surface area contributed by atoms with Crippen molar-refractivity contribution in [1.29, 1.82) is 0 Å². The molecule has 88 valence electrons. The van der Waals surface area contributed by atoms with Gasteiger partial charge in [-0.1, -0.05) is 18.2 Å². The third-order valence-electron chi connectivity index (χ3n) is 2.61. The molecule has 1 aliphatic carbocycles. The Hall–Kier alpha value is -1.97. The molecule has 2 rings (SSSR count). The predicted octanol–water partition coefficient (Wildman–Crippen LogP) is 3.01. The topological polar surface area (TPSA) is 43.1 Å². The van der Waals surface area contributed by atoms with Gasteiger partial charge in [-0.2, -0.15) is 0 Å². The molecule has 17 heavy (non-hydrogen) atoms. The molecular formula is C13H11F2NO. The minimum absolute atomic E-state index is 0.227. The average Bonchev–Trinajstić information content (AvgIpc) is 2.35. The standard InChI is InChI=1S/C13H11F2NO/c14-9-6-7-10(16)12(15)11(9)13(17)8-4-2-1-3-5-8/h2,4-7H,1,3,16H2. The van der Waals surface area contributed by atoms with E-state index in [9.17, 15) is 13.6 Å². The number of Topliss-reactive ketones (excluding diaryl/α,β-unsaturated/α-hetero) is 1. The van der Waals surface area contributed by atoms with Gasteiger partial charge >= 0.3 is 0 Å². The summed E-state index contributed by atoms with van der Waals surface area (Å²) in [5, 5.41) is 0. The Balaban J connectivity index is 2.47. The van der Waals surface area contributed by atoms with Crippen molar-refractivity contribution in [2.75, 3.05) is 5.73 Å². The van der Waals surface area contributed by atoms with E-state index in [1.54, 1.807) is 18.2 Å². The number of ketones is 1. The van der Waals surface area contributed by atoms with Crippen LogP contribution in [0.5, 0.6) is 0 Å². The molecule has 0 saturated carbocycles. The van der Waals surface area contributed by atoms with Gasteiger partial charge in [-0.25, -0.2) is 8.78 Å². The fraction of sp³-hybridized carbons (Fsp3) is 0.154. The van der Waals surface area contributed by atoms with E-state index < -0.39 is 23.0 Å². The number of allylic oxidation sites excluding steroid dienone is 4. The first kappa shape index (κ1) is 11.5. The highest BCUT2D eigenvalue weighted by Gasteiger charge is 2.21. The van der Waals surface area contributed by atoms with E-state index in [-0.39, 0.29) is 5.69 Å². The second-order valence-corrected chi connectivity index (χ2v) is 3.79. The van der Waals surface area contributed by atoms with Crippen LogP contribution < -0.4 is 5.73 Å². The molecule has 0 unspecified atom stereocenters. The minimum atomic E-state index is -0.991. The zero-order chi connectivity index (χ0) is 12.4. The molecule has 0 radical (unpaired) electrons. The summed E-state index contributed by atoms with van der Waals surface area (Å²) in [5.74, 6) is -2.54. The van der Waals surface area contributed by atoms with E-state index in [0.29, 0.717) is 12.0 Å². The van der Waals surface area contributed by atoms with Crippen molar-refractivity contribution in [3.63, 3.8) is 0 Å². The number of hydrogen-bond acceptors (Lipinski definition) is 2. The number of rotatable bonds is 2. The summed E-state index contributed by atoms with van der Waals surface area (Å²) >= 11 is 0. The molecule has 1 aromatic carbocycles. The Morgan fingerprint density at radius 1 is 1.24 bits per heavy atom. The number of halogens is 2. The van der Waals surface area contributed by atoms with Crippen molar-refractivity contribution in [2.45, 2.75) is 12.8 Å². The van der Waals surface area contributed by atoms with E-state index in [1.807, 2.05) is 0 Å². The maximum Gasteiger partial charge on any atom is 0.198 e. The molecule has 0 fully saturated rings. The van der Waals surface area contributed by atoms with Crippen LogP contribution in [-0.4, -0.2) is 5.78 Å². The highest BCUT2D eigenvalue weighted by Crippen LogP contribution is 2.23. The van der Waals surface area contributed by atoms with Crippen LogP contribution in [0.3, 0.4) is 0 Å². The maximum absolute atomic E-state index is 13.6. The summed E-state index contributed by atoms with van der Waals surface area (Å²) in [6, 6.07) is 2.10. The van der Waals surface area contributed by atoms with Crippen molar-refractivity contribution in [1.82, 2.24) is 0 Å². The predicted molar refractivity (Wildman–Crippen MR) is 61.6 cm³/mol.